The number of para-hydroxylation sites is 3. The van der Waals surface area contributed by atoms with E-state index in [4.69, 9.17) is 34.8 Å². The Labute approximate surface area is 501 Å². The molecule has 0 saturated carbocycles. The number of anilines is 6. The Hall–Kier alpha value is -4.16. The van der Waals surface area contributed by atoms with Gasteiger partial charge in [-0.05, 0) is 111 Å². The third-order valence-electron chi connectivity index (χ3n) is 16.4. The summed E-state index contributed by atoms with van der Waals surface area (Å²) in [5, 5.41) is 47.7. The first-order chi connectivity index (χ1) is 38.8. The Bertz CT molecular complexity index is 3090. The second-order valence-electron chi connectivity index (χ2n) is 22.6. The van der Waals surface area contributed by atoms with Gasteiger partial charge in [-0.15, -0.1) is 0 Å². The topological polar surface area (TPSA) is 137 Å². The summed E-state index contributed by atoms with van der Waals surface area (Å²) >= 11 is 20.6. The van der Waals surface area contributed by atoms with Crippen LogP contribution in [0.15, 0.2) is 157 Å². The molecule has 3 fully saturated rings. The number of likely N-dealkylation sites (N-methyl/N-ethyl adjacent to an activating group) is 3. The van der Waals surface area contributed by atoms with E-state index >= 15 is 0 Å². The van der Waals surface area contributed by atoms with Gasteiger partial charge in [0.1, 0.15) is 39.3 Å². The van der Waals surface area contributed by atoms with Crippen LogP contribution in [0.3, 0.4) is 0 Å². The number of piperazine rings is 3. The smallest absolute Gasteiger partial charge is 0.158 e. The maximum atomic E-state index is 13.0. The molecule has 12 rings (SSSR count). The average molecular weight is 1220 g/mol. The summed E-state index contributed by atoms with van der Waals surface area (Å²) < 4.78 is 25.3. The first kappa shape index (κ1) is 60.0. The molecule has 2 N–H and O–H groups in total. The summed E-state index contributed by atoms with van der Waals surface area (Å²) in [6.07, 6.45) is 2.65. The summed E-state index contributed by atoms with van der Waals surface area (Å²) in [6, 6.07) is 41.3. The largest absolute Gasteiger partial charge is 0.633 e. The second kappa shape index (κ2) is 25.6. The molecule has 21 heteroatoms. The maximum absolute atomic E-state index is 13.0. The van der Waals surface area contributed by atoms with Crippen molar-refractivity contribution in [3.05, 3.63) is 153 Å². The van der Waals surface area contributed by atoms with Crippen LogP contribution in [0.25, 0.3) is 0 Å². The van der Waals surface area contributed by atoms with Gasteiger partial charge in [0.05, 0.1) is 89.4 Å². The molecular formula is C60H74Cl3N9O6S3+2. The zero-order valence-electron chi connectivity index (χ0n) is 46.4. The number of hydrogen-bond donors (Lipinski definition) is 2. The fourth-order valence-electron chi connectivity index (χ4n) is 11.5. The molecule has 6 heterocycles. The van der Waals surface area contributed by atoms with Crippen LogP contribution in [-0.4, -0.2) is 186 Å². The minimum absolute atomic E-state index is 0.0557. The molecule has 6 aromatic carbocycles. The van der Waals surface area contributed by atoms with E-state index in [0.29, 0.717) is 88.6 Å². The highest BCUT2D eigenvalue weighted by molar-refractivity contribution is 7.99. The summed E-state index contributed by atoms with van der Waals surface area (Å²) in [7, 11) is 3.06. The second-order valence-corrected chi connectivity index (χ2v) is 27.8. The van der Waals surface area contributed by atoms with E-state index in [2.05, 4.69) is 67.9 Å². The Morgan fingerprint density at radius 1 is 0.469 bits per heavy atom. The highest BCUT2D eigenvalue weighted by atomic mass is 35.5. The predicted molar refractivity (Wildman–Crippen MR) is 328 cm³/mol. The zero-order valence-corrected chi connectivity index (χ0v) is 51.1. The number of quaternary nitrogens is 4. The van der Waals surface area contributed by atoms with Gasteiger partial charge in [0.2, 0.25) is 0 Å². The molecule has 6 aliphatic heterocycles. The minimum atomic E-state index is -1.24. The monoisotopic (exact) mass is 1220 g/mol. The zero-order chi connectivity index (χ0) is 57.1. The minimum Gasteiger partial charge on any atom is -0.633 e. The van der Waals surface area contributed by atoms with Crippen molar-refractivity contribution in [1.29, 1.82) is 0 Å². The molecule has 6 aromatic rings. The molecule has 0 spiro atoms. The van der Waals surface area contributed by atoms with Gasteiger partial charge in [0, 0.05) is 83.5 Å². The Morgan fingerprint density at radius 3 is 1.35 bits per heavy atom. The van der Waals surface area contributed by atoms with Crippen LogP contribution >= 0.6 is 46.6 Å². The lowest BCUT2D eigenvalue weighted by Gasteiger charge is -2.46. The van der Waals surface area contributed by atoms with Crippen LogP contribution in [0.1, 0.15) is 19.3 Å². The Kier molecular flexibility index (Phi) is 18.9. The van der Waals surface area contributed by atoms with E-state index < -0.39 is 21.6 Å². The molecule has 2 atom stereocenters. The summed E-state index contributed by atoms with van der Waals surface area (Å²) in [6.45, 7) is 13.1. The fourth-order valence-corrected chi connectivity index (χ4v) is 15.8. The summed E-state index contributed by atoms with van der Waals surface area (Å²) in [4.78, 5) is 17.5. The highest BCUT2D eigenvalue weighted by Crippen LogP contribution is 2.49. The number of rotatable bonds is 12. The average Bonchev–Trinajstić information content (AvgIpc) is 3.60. The number of hydrogen-bond acceptors (Lipinski definition) is 12. The molecule has 81 heavy (non-hydrogen) atoms. The van der Waals surface area contributed by atoms with Gasteiger partial charge in [0.25, 0.3) is 0 Å². The van der Waals surface area contributed by atoms with Crippen molar-refractivity contribution in [2.24, 2.45) is 0 Å². The van der Waals surface area contributed by atoms with Crippen LogP contribution < -0.4 is 14.7 Å². The van der Waals surface area contributed by atoms with Crippen LogP contribution in [-0.2, 0) is 21.6 Å². The Balaban J connectivity index is 0.000000137. The normalized spacial score (nSPS) is 25.8. The number of benzene rings is 6. The van der Waals surface area contributed by atoms with Gasteiger partial charge >= 0.3 is 0 Å². The molecule has 0 bridgehead atoms. The first-order valence-corrected chi connectivity index (χ1v) is 32.2. The number of halogens is 3. The molecule has 2 unspecified atom stereocenters. The molecule has 6 aliphatic rings. The van der Waals surface area contributed by atoms with E-state index in [1.807, 2.05) is 90.6 Å². The van der Waals surface area contributed by atoms with Crippen molar-refractivity contribution in [2.45, 2.75) is 48.6 Å². The van der Waals surface area contributed by atoms with E-state index in [-0.39, 0.29) is 18.6 Å². The molecule has 432 valence electrons. The van der Waals surface area contributed by atoms with Gasteiger partial charge in [0.15, 0.2) is 26.2 Å². The van der Waals surface area contributed by atoms with Crippen molar-refractivity contribution in [3.8, 4) is 0 Å². The van der Waals surface area contributed by atoms with Crippen molar-refractivity contribution < 1.29 is 37.4 Å². The van der Waals surface area contributed by atoms with Gasteiger partial charge in [-0.25, -0.2) is 18.8 Å². The quantitative estimate of drug-likeness (QED) is 0.0891. The van der Waals surface area contributed by atoms with E-state index in [1.165, 1.54) is 47.3 Å². The molecule has 0 amide bonds. The molecule has 0 aliphatic carbocycles. The highest BCUT2D eigenvalue weighted by Gasteiger charge is 2.38. The van der Waals surface area contributed by atoms with Crippen molar-refractivity contribution in [3.63, 3.8) is 0 Å². The molecule has 15 nitrogen and oxygen atoms in total. The van der Waals surface area contributed by atoms with Gasteiger partial charge in [-0.2, -0.15) is 9.29 Å². The molecular weight excluding hydrogens is 1150 g/mol. The molecule has 0 aromatic heterocycles. The van der Waals surface area contributed by atoms with Crippen LogP contribution in [0.4, 0.5) is 34.1 Å². The lowest BCUT2D eigenvalue weighted by atomic mass is 10.2. The summed E-state index contributed by atoms with van der Waals surface area (Å²) in [5.74, 6) is 0. The lowest BCUT2D eigenvalue weighted by molar-refractivity contribution is -1.13. The lowest BCUT2D eigenvalue weighted by Crippen LogP contribution is -2.62. The van der Waals surface area contributed by atoms with Crippen LogP contribution in [0.2, 0.25) is 15.1 Å². The van der Waals surface area contributed by atoms with E-state index in [9.17, 15) is 29.2 Å². The van der Waals surface area contributed by atoms with Crippen molar-refractivity contribution in [2.75, 3.05) is 154 Å². The molecule has 3 saturated heterocycles. The standard InChI is InChI=1S/2C20H25ClN3O3S.C20H24ClN3S/c2*1-23(25)11-13-24(26,14-12-23)10-4-9-22-17-5-2-3-6-19(17)28(27)20-8-7-16(21)15-18(20)22;1-22-11-13-23(14-12-22)9-4-10-24-17-5-2-3-6-19(17)25-20-8-7-16(21)15-18(20)24/h2*2-3,5-8,15,26H,4,9-14H2,1H3;2-3,5-8,15H,4,9-14H2,1H3/q2*+1;. The van der Waals surface area contributed by atoms with Crippen molar-refractivity contribution in [1.82, 2.24) is 9.80 Å². The van der Waals surface area contributed by atoms with Gasteiger partial charge in [-0.1, -0.05) is 83.0 Å². The molecule has 0 radical (unpaired) electrons. The van der Waals surface area contributed by atoms with Crippen LogP contribution in [0.5, 0.6) is 0 Å². The third-order valence-corrected chi connectivity index (χ3v) is 21.3. The van der Waals surface area contributed by atoms with E-state index in [0.717, 1.165) is 79.7 Å². The number of hydroxylamine groups is 12. The number of fused-ring (bicyclic) bond motifs is 6. The Morgan fingerprint density at radius 2 is 0.852 bits per heavy atom. The van der Waals surface area contributed by atoms with Gasteiger partial charge < -0.3 is 44.2 Å². The van der Waals surface area contributed by atoms with Gasteiger partial charge in [-0.3, -0.25) is 0 Å². The van der Waals surface area contributed by atoms with Crippen LogP contribution in [0, 0.1) is 10.4 Å². The van der Waals surface area contributed by atoms with E-state index in [1.54, 1.807) is 26.2 Å². The SMILES string of the molecule is CN1CCN(CCCN2c3ccccc3Sc3ccc(Cl)cc32)CC1.C[N+]1([O-])CC[N+](O)(CCCN2c3ccccc3S(=O)c3ccc(Cl)cc32)CC1.C[N+]1([O-])CC[N+](O)(CCCN2c3ccccc3S(=O)c3ccc(Cl)cc32)CC1. The summed E-state index contributed by atoms with van der Waals surface area (Å²) in [5.41, 5.74) is 6.10. The first-order valence-electron chi connectivity index (χ1n) is 28.0. The third kappa shape index (κ3) is 14.3. The maximum Gasteiger partial charge on any atom is 0.158 e. The number of nitrogens with zero attached hydrogens (tertiary/aromatic N) is 9. The van der Waals surface area contributed by atoms with Crippen molar-refractivity contribution >= 4 is 102 Å². The predicted octanol–water partition coefficient (Wildman–Crippen LogP) is 11.6. The fraction of sp³-hybridized carbons (Fsp3) is 0.400.